The van der Waals surface area contributed by atoms with Gasteiger partial charge in [0.15, 0.2) is 0 Å². The molecule has 2 N–H and O–H groups in total. The molecule has 0 aliphatic rings. The van der Waals surface area contributed by atoms with Gasteiger partial charge in [-0.15, -0.1) is 0 Å². The second-order valence-corrected chi connectivity index (χ2v) is 4.90. The predicted octanol–water partition coefficient (Wildman–Crippen LogP) is 2.26. The number of aromatic nitrogens is 1. The van der Waals surface area contributed by atoms with Gasteiger partial charge >= 0.3 is 0 Å². The Morgan fingerprint density at radius 3 is 2.42 bits per heavy atom. The highest BCUT2D eigenvalue weighted by Gasteiger charge is 2.12. The smallest absolute Gasteiger partial charge is 0.0271 e. The van der Waals surface area contributed by atoms with Crippen LogP contribution in [0.1, 0.15) is 17.0 Å². The standard InChI is InChI=1S/C16H21N3/c1-19(12-14-7-9-18-10-8-14)13-16(11-17)15-5-3-2-4-6-15/h2-10,16H,11-13,17H2,1H3. The quantitative estimate of drug-likeness (QED) is 0.861. The number of rotatable bonds is 6. The molecule has 0 fully saturated rings. The average molecular weight is 255 g/mol. The Morgan fingerprint density at radius 1 is 1.11 bits per heavy atom. The van der Waals surface area contributed by atoms with Crippen LogP contribution in [0, 0.1) is 0 Å². The Bertz CT molecular complexity index is 470. The summed E-state index contributed by atoms with van der Waals surface area (Å²) in [4.78, 5) is 6.34. The van der Waals surface area contributed by atoms with Crippen LogP contribution in [0.5, 0.6) is 0 Å². The van der Waals surface area contributed by atoms with E-state index in [0.29, 0.717) is 12.5 Å². The van der Waals surface area contributed by atoms with Gasteiger partial charge in [-0.25, -0.2) is 0 Å². The fourth-order valence-corrected chi connectivity index (χ4v) is 2.28. The zero-order valence-electron chi connectivity index (χ0n) is 11.4. The summed E-state index contributed by atoms with van der Waals surface area (Å²) >= 11 is 0. The Morgan fingerprint density at radius 2 is 1.79 bits per heavy atom. The van der Waals surface area contributed by atoms with Gasteiger partial charge in [0.05, 0.1) is 0 Å². The summed E-state index contributed by atoms with van der Waals surface area (Å²) < 4.78 is 0. The summed E-state index contributed by atoms with van der Waals surface area (Å²) in [5.74, 6) is 0.382. The van der Waals surface area contributed by atoms with E-state index < -0.39 is 0 Å². The van der Waals surface area contributed by atoms with Crippen molar-refractivity contribution in [1.29, 1.82) is 0 Å². The lowest BCUT2D eigenvalue weighted by Gasteiger charge is -2.23. The highest BCUT2D eigenvalue weighted by atomic mass is 15.1. The molecule has 3 nitrogen and oxygen atoms in total. The molecule has 1 atom stereocenters. The number of hydrogen-bond donors (Lipinski definition) is 1. The first-order valence-electron chi connectivity index (χ1n) is 6.62. The van der Waals surface area contributed by atoms with Crippen molar-refractivity contribution in [3.8, 4) is 0 Å². The lowest BCUT2D eigenvalue weighted by atomic mass is 9.99. The molecular weight excluding hydrogens is 234 g/mol. The SMILES string of the molecule is CN(Cc1ccncc1)CC(CN)c1ccccc1. The number of hydrogen-bond acceptors (Lipinski definition) is 3. The van der Waals surface area contributed by atoms with Crippen LogP contribution in [0.25, 0.3) is 0 Å². The Labute approximate surface area is 115 Å². The van der Waals surface area contributed by atoms with E-state index in [1.165, 1.54) is 11.1 Å². The largest absolute Gasteiger partial charge is 0.330 e. The van der Waals surface area contributed by atoms with Crippen molar-refractivity contribution >= 4 is 0 Å². The summed E-state index contributed by atoms with van der Waals surface area (Å²) in [7, 11) is 2.13. The van der Waals surface area contributed by atoms with Crippen LogP contribution < -0.4 is 5.73 Å². The second-order valence-electron chi connectivity index (χ2n) is 4.90. The lowest BCUT2D eigenvalue weighted by molar-refractivity contribution is 0.305. The van der Waals surface area contributed by atoms with E-state index in [9.17, 15) is 0 Å². The van der Waals surface area contributed by atoms with E-state index in [-0.39, 0.29) is 0 Å². The first-order valence-corrected chi connectivity index (χ1v) is 6.62. The van der Waals surface area contributed by atoms with Crippen LogP contribution in [0.15, 0.2) is 54.9 Å². The van der Waals surface area contributed by atoms with E-state index in [1.807, 2.05) is 18.5 Å². The minimum atomic E-state index is 0.382. The molecule has 1 aromatic carbocycles. The number of nitrogens with two attached hydrogens (primary N) is 1. The third-order valence-electron chi connectivity index (χ3n) is 3.29. The van der Waals surface area contributed by atoms with Crippen molar-refractivity contribution in [2.75, 3.05) is 20.1 Å². The summed E-state index contributed by atoms with van der Waals surface area (Å²) in [6.07, 6.45) is 3.67. The van der Waals surface area contributed by atoms with Crippen LogP contribution in [0.2, 0.25) is 0 Å². The molecule has 1 aromatic heterocycles. The highest BCUT2D eigenvalue weighted by Crippen LogP contribution is 2.16. The zero-order valence-corrected chi connectivity index (χ0v) is 11.4. The maximum atomic E-state index is 5.91. The van der Waals surface area contributed by atoms with Crippen molar-refractivity contribution in [2.45, 2.75) is 12.5 Å². The topological polar surface area (TPSA) is 42.2 Å². The molecule has 0 aliphatic heterocycles. The van der Waals surface area contributed by atoms with Crippen LogP contribution >= 0.6 is 0 Å². The average Bonchev–Trinajstić information content (AvgIpc) is 2.47. The van der Waals surface area contributed by atoms with Gasteiger partial charge in [-0.3, -0.25) is 4.98 Å². The van der Waals surface area contributed by atoms with Crippen molar-refractivity contribution < 1.29 is 0 Å². The van der Waals surface area contributed by atoms with Crippen molar-refractivity contribution in [3.63, 3.8) is 0 Å². The van der Waals surface area contributed by atoms with Crippen LogP contribution in [-0.2, 0) is 6.54 Å². The van der Waals surface area contributed by atoms with E-state index in [1.54, 1.807) is 0 Å². The minimum Gasteiger partial charge on any atom is -0.330 e. The summed E-state index contributed by atoms with van der Waals surface area (Å²) in [5, 5.41) is 0. The first-order chi connectivity index (χ1) is 9.29. The molecule has 0 radical (unpaired) electrons. The van der Waals surface area contributed by atoms with Crippen molar-refractivity contribution in [2.24, 2.45) is 5.73 Å². The highest BCUT2D eigenvalue weighted by molar-refractivity contribution is 5.20. The third kappa shape index (κ3) is 4.16. The maximum absolute atomic E-state index is 5.91. The van der Waals surface area contributed by atoms with Gasteiger partial charge in [-0.1, -0.05) is 30.3 Å². The van der Waals surface area contributed by atoms with Gasteiger partial charge in [0.2, 0.25) is 0 Å². The molecule has 0 saturated heterocycles. The summed E-state index contributed by atoms with van der Waals surface area (Å²) in [6.45, 7) is 2.55. The molecule has 0 saturated carbocycles. The number of pyridine rings is 1. The fraction of sp³-hybridized carbons (Fsp3) is 0.312. The monoisotopic (exact) mass is 255 g/mol. The van der Waals surface area contributed by atoms with E-state index in [2.05, 4.69) is 53.3 Å². The van der Waals surface area contributed by atoms with Gasteiger partial charge in [-0.2, -0.15) is 0 Å². The molecule has 0 spiro atoms. The number of benzene rings is 1. The van der Waals surface area contributed by atoms with Crippen molar-refractivity contribution in [3.05, 3.63) is 66.0 Å². The molecule has 2 aromatic rings. The van der Waals surface area contributed by atoms with E-state index in [4.69, 9.17) is 5.73 Å². The van der Waals surface area contributed by atoms with Gasteiger partial charge < -0.3 is 10.6 Å². The maximum Gasteiger partial charge on any atom is 0.0271 e. The molecule has 0 amide bonds. The van der Waals surface area contributed by atoms with Crippen LogP contribution in [-0.4, -0.2) is 30.0 Å². The first kappa shape index (κ1) is 13.7. The van der Waals surface area contributed by atoms with Gasteiger partial charge in [0.1, 0.15) is 0 Å². The molecule has 1 heterocycles. The predicted molar refractivity (Wildman–Crippen MR) is 78.8 cm³/mol. The molecular formula is C16H21N3. The van der Waals surface area contributed by atoms with Gasteiger partial charge in [0, 0.05) is 37.9 Å². The fourth-order valence-electron chi connectivity index (χ4n) is 2.28. The van der Waals surface area contributed by atoms with Crippen LogP contribution in [0.4, 0.5) is 0 Å². The molecule has 3 heteroatoms. The second kappa shape index (κ2) is 7.02. The molecule has 0 bridgehead atoms. The zero-order chi connectivity index (χ0) is 13.5. The third-order valence-corrected chi connectivity index (χ3v) is 3.29. The molecule has 1 unspecified atom stereocenters. The lowest BCUT2D eigenvalue weighted by Crippen LogP contribution is -2.28. The Balaban J connectivity index is 1.95. The van der Waals surface area contributed by atoms with E-state index >= 15 is 0 Å². The summed E-state index contributed by atoms with van der Waals surface area (Å²) in [6, 6.07) is 14.6. The van der Waals surface area contributed by atoms with Gasteiger partial charge in [-0.05, 0) is 30.3 Å². The Hall–Kier alpha value is -1.71. The minimum absolute atomic E-state index is 0.382. The number of likely N-dealkylation sites (N-methyl/N-ethyl adjacent to an activating group) is 1. The van der Waals surface area contributed by atoms with Crippen molar-refractivity contribution in [1.82, 2.24) is 9.88 Å². The molecule has 0 aliphatic carbocycles. The molecule has 100 valence electrons. The van der Waals surface area contributed by atoms with E-state index in [0.717, 1.165) is 13.1 Å². The molecule has 2 rings (SSSR count). The van der Waals surface area contributed by atoms with Crippen LogP contribution in [0.3, 0.4) is 0 Å². The number of nitrogens with zero attached hydrogens (tertiary/aromatic N) is 2. The Kier molecular flexibility index (Phi) is 5.07. The normalized spacial score (nSPS) is 12.6. The molecule has 19 heavy (non-hydrogen) atoms. The summed E-state index contributed by atoms with van der Waals surface area (Å²) in [5.41, 5.74) is 8.50. The van der Waals surface area contributed by atoms with Gasteiger partial charge in [0.25, 0.3) is 0 Å².